The van der Waals surface area contributed by atoms with Gasteiger partial charge in [0.1, 0.15) is 0 Å². The summed E-state index contributed by atoms with van der Waals surface area (Å²) in [5.74, 6) is -1.28. The summed E-state index contributed by atoms with van der Waals surface area (Å²) in [6.45, 7) is 3.09. The highest BCUT2D eigenvalue weighted by atomic mass is 16.2. The Morgan fingerprint density at radius 2 is 1.95 bits per heavy atom. The molecule has 21 heavy (non-hydrogen) atoms. The number of benzene rings is 1. The van der Waals surface area contributed by atoms with Gasteiger partial charge in [-0.25, -0.2) is 0 Å². The number of nitrogens with zero attached hydrogens (tertiary/aromatic N) is 2. The third-order valence-electron chi connectivity index (χ3n) is 2.92. The highest BCUT2D eigenvalue weighted by molar-refractivity contribution is 6.39. The number of aromatic nitrogens is 2. The number of rotatable bonds is 5. The minimum Gasteiger partial charge on any atom is -0.348 e. The molecule has 6 heteroatoms. The monoisotopic (exact) mass is 286 g/mol. The second-order valence-electron chi connectivity index (χ2n) is 4.70. The Labute approximate surface area is 123 Å². The molecule has 0 saturated heterocycles. The fraction of sp³-hybridized carbons (Fsp3) is 0.267. The van der Waals surface area contributed by atoms with E-state index < -0.39 is 11.8 Å². The summed E-state index contributed by atoms with van der Waals surface area (Å²) in [6.07, 6.45) is 4.27. The molecule has 2 rings (SSSR count). The van der Waals surface area contributed by atoms with Gasteiger partial charge in [0.15, 0.2) is 0 Å². The number of carbonyl (C=O) groups is 2. The van der Waals surface area contributed by atoms with Crippen molar-refractivity contribution in [3.63, 3.8) is 0 Å². The topological polar surface area (TPSA) is 76.0 Å². The van der Waals surface area contributed by atoms with Crippen LogP contribution in [0.5, 0.6) is 0 Å². The lowest BCUT2D eigenvalue weighted by Gasteiger charge is -2.07. The normalized spacial score (nSPS) is 10.1. The average molecular weight is 286 g/mol. The van der Waals surface area contributed by atoms with Crippen molar-refractivity contribution in [2.24, 2.45) is 0 Å². The van der Waals surface area contributed by atoms with Crippen LogP contribution in [0.25, 0.3) is 0 Å². The number of anilines is 1. The van der Waals surface area contributed by atoms with E-state index in [1.165, 1.54) is 0 Å². The average Bonchev–Trinajstić information content (AvgIpc) is 2.99. The summed E-state index contributed by atoms with van der Waals surface area (Å²) in [5.41, 5.74) is 1.70. The Hall–Kier alpha value is -2.63. The zero-order valence-corrected chi connectivity index (χ0v) is 11.9. The molecule has 0 saturated carbocycles. The minimum absolute atomic E-state index is 0.431. The molecule has 1 aromatic heterocycles. The fourth-order valence-electron chi connectivity index (χ4n) is 1.78. The largest absolute Gasteiger partial charge is 0.348 e. The predicted octanol–water partition coefficient (Wildman–Crippen LogP) is 1.34. The standard InChI is InChI=1S/C15H18N4O2/c1-12-4-6-13(7-5-12)18-15(21)14(20)16-8-2-10-19-11-3-9-17-19/h3-7,9,11H,2,8,10H2,1H3,(H,16,20)(H,18,21). The third-order valence-corrected chi connectivity index (χ3v) is 2.92. The highest BCUT2D eigenvalue weighted by Crippen LogP contribution is 2.08. The van der Waals surface area contributed by atoms with Gasteiger partial charge in [0.25, 0.3) is 0 Å². The van der Waals surface area contributed by atoms with E-state index >= 15 is 0 Å². The smallest absolute Gasteiger partial charge is 0.313 e. The van der Waals surface area contributed by atoms with Crippen molar-refractivity contribution in [3.8, 4) is 0 Å². The van der Waals surface area contributed by atoms with Crippen LogP contribution in [0, 0.1) is 6.92 Å². The van der Waals surface area contributed by atoms with Crippen molar-refractivity contribution in [1.29, 1.82) is 0 Å². The maximum atomic E-state index is 11.7. The maximum absolute atomic E-state index is 11.7. The van der Waals surface area contributed by atoms with Gasteiger partial charge in [-0.3, -0.25) is 14.3 Å². The van der Waals surface area contributed by atoms with E-state index in [1.807, 2.05) is 31.3 Å². The van der Waals surface area contributed by atoms with E-state index in [2.05, 4.69) is 15.7 Å². The molecule has 110 valence electrons. The molecule has 0 aliphatic rings. The second-order valence-corrected chi connectivity index (χ2v) is 4.70. The Morgan fingerprint density at radius 1 is 1.19 bits per heavy atom. The first-order valence-corrected chi connectivity index (χ1v) is 6.78. The Kier molecular flexibility index (Phi) is 5.09. The van der Waals surface area contributed by atoms with Gasteiger partial charge in [0, 0.05) is 31.2 Å². The fourth-order valence-corrected chi connectivity index (χ4v) is 1.78. The van der Waals surface area contributed by atoms with Crippen molar-refractivity contribution < 1.29 is 9.59 Å². The number of hydrogen-bond donors (Lipinski definition) is 2. The van der Waals surface area contributed by atoms with Crippen LogP contribution in [-0.4, -0.2) is 28.1 Å². The van der Waals surface area contributed by atoms with Gasteiger partial charge >= 0.3 is 11.8 Å². The van der Waals surface area contributed by atoms with Crippen LogP contribution < -0.4 is 10.6 Å². The second kappa shape index (κ2) is 7.23. The summed E-state index contributed by atoms with van der Waals surface area (Å²) >= 11 is 0. The highest BCUT2D eigenvalue weighted by Gasteiger charge is 2.12. The van der Waals surface area contributed by atoms with E-state index in [0.29, 0.717) is 25.2 Å². The van der Waals surface area contributed by atoms with Crippen LogP contribution in [0.3, 0.4) is 0 Å². The first kappa shape index (κ1) is 14.8. The van der Waals surface area contributed by atoms with Gasteiger partial charge in [-0.05, 0) is 31.5 Å². The molecule has 2 N–H and O–H groups in total. The zero-order valence-electron chi connectivity index (χ0n) is 11.9. The van der Waals surface area contributed by atoms with Crippen molar-refractivity contribution in [2.75, 3.05) is 11.9 Å². The Morgan fingerprint density at radius 3 is 2.62 bits per heavy atom. The predicted molar refractivity (Wildman–Crippen MR) is 79.7 cm³/mol. The van der Waals surface area contributed by atoms with Gasteiger partial charge in [0.2, 0.25) is 0 Å². The van der Waals surface area contributed by atoms with Gasteiger partial charge in [-0.15, -0.1) is 0 Å². The number of nitrogens with one attached hydrogen (secondary N) is 2. The van der Waals surface area contributed by atoms with Crippen molar-refractivity contribution in [1.82, 2.24) is 15.1 Å². The van der Waals surface area contributed by atoms with Gasteiger partial charge < -0.3 is 10.6 Å². The molecule has 2 aromatic rings. The molecule has 1 aromatic carbocycles. The van der Waals surface area contributed by atoms with Crippen LogP contribution in [-0.2, 0) is 16.1 Å². The van der Waals surface area contributed by atoms with Crippen molar-refractivity contribution >= 4 is 17.5 Å². The molecular formula is C15H18N4O2. The van der Waals surface area contributed by atoms with Crippen LogP contribution in [0.2, 0.25) is 0 Å². The van der Waals surface area contributed by atoms with E-state index in [1.54, 1.807) is 23.0 Å². The van der Waals surface area contributed by atoms with E-state index in [9.17, 15) is 9.59 Å². The lowest BCUT2D eigenvalue weighted by atomic mass is 10.2. The molecule has 0 radical (unpaired) electrons. The summed E-state index contributed by atoms with van der Waals surface area (Å²) in [4.78, 5) is 23.3. The quantitative estimate of drug-likeness (QED) is 0.643. The third kappa shape index (κ3) is 4.76. The van der Waals surface area contributed by atoms with E-state index in [4.69, 9.17) is 0 Å². The molecule has 0 aliphatic heterocycles. The molecule has 0 aliphatic carbocycles. The SMILES string of the molecule is Cc1ccc(NC(=O)C(=O)NCCCn2cccn2)cc1. The number of amides is 2. The summed E-state index contributed by atoms with van der Waals surface area (Å²) < 4.78 is 1.78. The number of aryl methyl sites for hydroxylation is 2. The first-order valence-electron chi connectivity index (χ1n) is 6.78. The van der Waals surface area contributed by atoms with Gasteiger partial charge in [0.05, 0.1) is 0 Å². The Bertz CT molecular complexity index is 591. The van der Waals surface area contributed by atoms with Crippen LogP contribution in [0.4, 0.5) is 5.69 Å². The summed E-state index contributed by atoms with van der Waals surface area (Å²) in [7, 11) is 0. The first-order chi connectivity index (χ1) is 10.1. The lowest BCUT2D eigenvalue weighted by molar-refractivity contribution is -0.136. The molecule has 0 unspecified atom stereocenters. The van der Waals surface area contributed by atoms with E-state index in [-0.39, 0.29) is 0 Å². The van der Waals surface area contributed by atoms with E-state index in [0.717, 1.165) is 5.56 Å². The molecule has 0 spiro atoms. The molecule has 6 nitrogen and oxygen atoms in total. The number of hydrogen-bond acceptors (Lipinski definition) is 3. The molecule has 0 atom stereocenters. The number of carbonyl (C=O) groups excluding carboxylic acids is 2. The van der Waals surface area contributed by atoms with Gasteiger partial charge in [-0.2, -0.15) is 5.10 Å². The summed E-state index contributed by atoms with van der Waals surface area (Å²) in [6, 6.07) is 9.11. The summed E-state index contributed by atoms with van der Waals surface area (Å²) in [5, 5.41) is 9.19. The molecular weight excluding hydrogens is 268 g/mol. The van der Waals surface area contributed by atoms with Crippen molar-refractivity contribution in [2.45, 2.75) is 19.9 Å². The van der Waals surface area contributed by atoms with Crippen LogP contribution in [0.15, 0.2) is 42.7 Å². The lowest BCUT2D eigenvalue weighted by Crippen LogP contribution is -2.36. The maximum Gasteiger partial charge on any atom is 0.313 e. The minimum atomic E-state index is -0.655. The molecule has 2 amide bonds. The van der Waals surface area contributed by atoms with Crippen molar-refractivity contribution in [3.05, 3.63) is 48.3 Å². The molecule has 0 fully saturated rings. The van der Waals surface area contributed by atoms with Gasteiger partial charge in [-0.1, -0.05) is 17.7 Å². The zero-order chi connectivity index (χ0) is 15.1. The van der Waals surface area contributed by atoms with Crippen LogP contribution in [0.1, 0.15) is 12.0 Å². The Balaban J connectivity index is 1.70. The van der Waals surface area contributed by atoms with Crippen LogP contribution >= 0.6 is 0 Å². The molecule has 0 bridgehead atoms. The molecule has 1 heterocycles.